The van der Waals surface area contributed by atoms with Gasteiger partial charge in [0.05, 0.1) is 6.07 Å². The lowest BCUT2D eigenvalue weighted by Gasteiger charge is -2.19. The largest absolute Gasteiger partial charge is 0.297 e. The summed E-state index contributed by atoms with van der Waals surface area (Å²) in [7, 11) is 0. The highest BCUT2D eigenvalue weighted by Crippen LogP contribution is 2.03. The predicted octanol–water partition coefficient (Wildman–Crippen LogP) is 2.19. The Hall–Kier alpha value is -0.920. The molecule has 4 heteroatoms. The van der Waals surface area contributed by atoms with Crippen LogP contribution in [0.2, 0.25) is 0 Å². The highest BCUT2D eigenvalue weighted by Gasteiger charge is 2.04. The van der Waals surface area contributed by atoms with E-state index in [9.17, 15) is 0 Å². The number of alkyl halides is 1. The van der Waals surface area contributed by atoms with Gasteiger partial charge in [-0.3, -0.25) is 9.88 Å². The van der Waals surface area contributed by atoms with Gasteiger partial charge in [0.1, 0.15) is 0 Å². The molecule has 1 heterocycles. The van der Waals surface area contributed by atoms with Crippen molar-refractivity contribution in [3.8, 4) is 6.07 Å². The van der Waals surface area contributed by atoms with Gasteiger partial charge in [-0.1, -0.05) is 22.0 Å². The van der Waals surface area contributed by atoms with E-state index in [1.54, 1.807) is 6.20 Å². The minimum atomic E-state index is 0.577. The number of pyridine rings is 1. The van der Waals surface area contributed by atoms with Crippen molar-refractivity contribution in [2.24, 2.45) is 0 Å². The van der Waals surface area contributed by atoms with Gasteiger partial charge in [-0.2, -0.15) is 5.26 Å². The molecule has 0 radical (unpaired) electrons. The zero-order valence-corrected chi connectivity index (χ0v) is 10.2. The lowest BCUT2D eigenvalue weighted by Crippen LogP contribution is -2.26. The SMILES string of the molecule is N#CCCN(CCBr)Cc1cccnc1. The highest BCUT2D eigenvalue weighted by atomic mass is 79.9. The van der Waals surface area contributed by atoms with Gasteiger partial charge in [-0.05, 0) is 11.6 Å². The average Bonchev–Trinajstić information content (AvgIpc) is 2.28. The molecule has 0 aromatic carbocycles. The normalized spacial score (nSPS) is 10.2. The molecule has 0 saturated heterocycles. The highest BCUT2D eigenvalue weighted by molar-refractivity contribution is 9.09. The maximum atomic E-state index is 8.55. The molecule has 0 spiro atoms. The van der Waals surface area contributed by atoms with Crippen molar-refractivity contribution in [1.82, 2.24) is 9.88 Å². The smallest absolute Gasteiger partial charge is 0.0635 e. The predicted molar refractivity (Wildman–Crippen MR) is 63.5 cm³/mol. The van der Waals surface area contributed by atoms with Crippen LogP contribution in [0.4, 0.5) is 0 Å². The fourth-order valence-corrected chi connectivity index (χ4v) is 1.85. The van der Waals surface area contributed by atoms with E-state index < -0.39 is 0 Å². The summed E-state index contributed by atoms with van der Waals surface area (Å²) < 4.78 is 0. The fraction of sp³-hybridized carbons (Fsp3) is 0.455. The van der Waals surface area contributed by atoms with Crippen molar-refractivity contribution >= 4 is 15.9 Å². The monoisotopic (exact) mass is 267 g/mol. The van der Waals surface area contributed by atoms with E-state index in [2.05, 4.69) is 37.9 Å². The van der Waals surface area contributed by atoms with Crippen molar-refractivity contribution in [3.63, 3.8) is 0 Å². The first-order chi connectivity index (χ1) is 7.36. The van der Waals surface area contributed by atoms with Crippen LogP contribution in [0.3, 0.4) is 0 Å². The number of nitriles is 1. The van der Waals surface area contributed by atoms with Gasteiger partial charge in [0.15, 0.2) is 0 Å². The fourth-order valence-electron chi connectivity index (χ4n) is 1.35. The second kappa shape index (κ2) is 7.38. The zero-order valence-electron chi connectivity index (χ0n) is 8.56. The molecule has 0 bridgehead atoms. The van der Waals surface area contributed by atoms with Crippen molar-refractivity contribution in [2.75, 3.05) is 18.4 Å². The Balaban J connectivity index is 2.47. The van der Waals surface area contributed by atoms with Crippen molar-refractivity contribution in [3.05, 3.63) is 30.1 Å². The summed E-state index contributed by atoms with van der Waals surface area (Å²) in [4.78, 5) is 6.32. The summed E-state index contributed by atoms with van der Waals surface area (Å²) >= 11 is 3.42. The molecule has 0 aliphatic carbocycles. The van der Waals surface area contributed by atoms with Gasteiger partial charge in [0.2, 0.25) is 0 Å². The third-order valence-corrected chi connectivity index (χ3v) is 2.42. The van der Waals surface area contributed by atoms with Crippen LogP contribution < -0.4 is 0 Å². The summed E-state index contributed by atoms with van der Waals surface area (Å²) in [6.45, 7) is 2.63. The van der Waals surface area contributed by atoms with Gasteiger partial charge in [0.25, 0.3) is 0 Å². The van der Waals surface area contributed by atoms with Crippen LogP contribution in [0.1, 0.15) is 12.0 Å². The molecule has 0 aliphatic heterocycles. The van der Waals surface area contributed by atoms with Gasteiger partial charge >= 0.3 is 0 Å². The maximum absolute atomic E-state index is 8.55. The standard InChI is InChI=1S/C11H14BrN3/c12-4-8-15(7-2-5-13)10-11-3-1-6-14-9-11/h1,3,6,9H,2,4,7-8,10H2. The maximum Gasteiger partial charge on any atom is 0.0635 e. The van der Waals surface area contributed by atoms with E-state index in [0.717, 1.165) is 25.0 Å². The molecule has 3 nitrogen and oxygen atoms in total. The molecule has 15 heavy (non-hydrogen) atoms. The third kappa shape index (κ3) is 4.91. The summed E-state index contributed by atoms with van der Waals surface area (Å²) in [6, 6.07) is 6.16. The summed E-state index contributed by atoms with van der Waals surface area (Å²) in [6.07, 6.45) is 4.22. The molecule has 0 aliphatic rings. The molecule has 0 saturated carbocycles. The van der Waals surface area contributed by atoms with E-state index in [1.807, 2.05) is 12.3 Å². The zero-order chi connectivity index (χ0) is 10.9. The lowest BCUT2D eigenvalue weighted by molar-refractivity contribution is 0.289. The molecule has 1 rings (SSSR count). The van der Waals surface area contributed by atoms with Crippen molar-refractivity contribution in [2.45, 2.75) is 13.0 Å². The third-order valence-electron chi connectivity index (χ3n) is 2.07. The van der Waals surface area contributed by atoms with E-state index >= 15 is 0 Å². The average molecular weight is 268 g/mol. The minimum absolute atomic E-state index is 0.577. The second-order valence-electron chi connectivity index (χ2n) is 3.23. The minimum Gasteiger partial charge on any atom is -0.297 e. The Kier molecular flexibility index (Phi) is 5.98. The summed E-state index contributed by atoms with van der Waals surface area (Å²) in [5.41, 5.74) is 1.19. The molecule has 0 N–H and O–H groups in total. The number of nitrogens with zero attached hydrogens (tertiary/aromatic N) is 3. The molecule has 0 unspecified atom stereocenters. The van der Waals surface area contributed by atoms with Crippen LogP contribution >= 0.6 is 15.9 Å². The Labute approximate surface area is 98.9 Å². The van der Waals surface area contributed by atoms with Crippen molar-refractivity contribution < 1.29 is 0 Å². The molecule has 1 aromatic rings. The molecule has 0 fully saturated rings. The number of rotatable bonds is 6. The first kappa shape index (κ1) is 12.2. The van der Waals surface area contributed by atoms with Crippen LogP contribution in [-0.4, -0.2) is 28.3 Å². The van der Waals surface area contributed by atoms with Crippen LogP contribution in [0, 0.1) is 11.3 Å². The van der Waals surface area contributed by atoms with Crippen LogP contribution in [0.15, 0.2) is 24.5 Å². The van der Waals surface area contributed by atoms with Crippen molar-refractivity contribution in [1.29, 1.82) is 5.26 Å². The Morgan fingerprint density at radius 1 is 1.47 bits per heavy atom. The first-order valence-corrected chi connectivity index (χ1v) is 6.03. The van der Waals surface area contributed by atoms with E-state index in [0.29, 0.717) is 6.42 Å². The molecule has 0 atom stereocenters. The number of halogens is 1. The molecular formula is C11H14BrN3. The quantitative estimate of drug-likeness (QED) is 0.742. The van der Waals surface area contributed by atoms with Gasteiger partial charge in [-0.15, -0.1) is 0 Å². The van der Waals surface area contributed by atoms with E-state index in [1.165, 1.54) is 5.56 Å². The van der Waals surface area contributed by atoms with Crippen LogP contribution in [0.5, 0.6) is 0 Å². The number of aromatic nitrogens is 1. The lowest BCUT2D eigenvalue weighted by atomic mass is 10.2. The van der Waals surface area contributed by atoms with E-state index in [4.69, 9.17) is 5.26 Å². The Morgan fingerprint density at radius 2 is 2.33 bits per heavy atom. The second-order valence-corrected chi connectivity index (χ2v) is 4.03. The molecule has 1 aromatic heterocycles. The van der Waals surface area contributed by atoms with Gasteiger partial charge < -0.3 is 0 Å². The Bertz CT molecular complexity index is 307. The topological polar surface area (TPSA) is 39.9 Å². The summed E-state index contributed by atoms with van der Waals surface area (Å²) in [5, 5.41) is 9.48. The molecular weight excluding hydrogens is 254 g/mol. The Morgan fingerprint density at radius 3 is 2.93 bits per heavy atom. The van der Waals surface area contributed by atoms with Gasteiger partial charge in [-0.25, -0.2) is 0 Å². The first-order valence-electron chi connectivity index (χ1n) is 4.91. The summed E-state index contributed by atoms with van der Waals surface area (Å²) in [5.74, 6) is 0. The van der Waals surface area contributed by atoms with Crippen LogP contribution in [0.25, 0.3) is 0 Å². The van der Waals surface area contributed by atoms with E-state index in [-0.39, 0.29) is 0 Å². The number of hydrogen-bond donors (Lipinski definition) is 0. The molecule has 80 valence electrons. The number of hydrogen-bond acceptors (Lipinski definition) is 3. The van der Waals surface area contributed by atoms with Crippen LogP contribution in [-0.2, 0) is 6.54 Å². The van der Waals surface area contributed by atoms with Gasteiger partial charge in [0, 0.05) is 43.8 Å². The molecule has 0 amide bonds.